The van der Waals surface area contributed by atoms with Crippen LogP contribution in [-0.2, 0) is 6.42 Å². The Morgan fingerprint density at radius 1 is 1.17 bits per heavy atom. The monoisotopic (exact) mass is 394 g/mol. The summed E-state index contributed by atoms with van der Waals surface area (Å²) in [5.74, 6) is 0.255. The molecule has 0 saturated carbocycles. The van der Waals surface area contributed by atoms with Crippen molar-refractivity contribution in [3.8, 4) is 0 Å². The van der Waals surface area contributed by atoms with Crippen molar-refractivity contribution in [3.63, 3.8) is 0 Å². The van der Waals surface area contributed by atoms with Crippen molar-refractivity contribution in [2.24, 2.45) is 11.3 Å². The first kappa shape index (κ1) is 19.9. The fourth-order valence-corrected chi connectivity index (χ4v) is 4.95. The Morgan fingerprint density at radius 2 is 1.83 bits per heavy atom. The van der Waals surface area contributed by atoms with Crippen LogP contribution in [0, 0.1) is 18.3 Å². The second-order valence-electron chi connectivity index (χ2n) is 9.40. The lowest BCUT2D eigenvalue weighted by molar-refractivity contribution is 0.0458. The number of aromatic amines is 1. The number of hydrogen-bond acceptors (Lipinski definition) is 3. The summed E-state index contributed by atoms with van der Waals surface area (Å²) in [6.45, 7) is 7.30. The average Bonchev–Trinajstić information content (AvgIpc) is 3.02. The van der Waals surface area contributed by atoms with E-state index in [1.54, 1.807) is 0 Å². The molecule has 0 spiro atoms. The molecule has 2 N–H and O–H groups in total. The van der Waals surface area contributed by atoms with Gasteiger partial charge >= 0.3 is 0 Å². The van der Waals surface area contributed by atoms with Gasteiger partial charge in [-0.15, -0.1) is 0 Å². The molecule has 0 bridgehead atoms. The quantitative estimate of drug-likeness (QED) is 0.824. The number of aromatic nitrogens is 1. The fourth-order valence-electron chi connectivity index (χ4n) is 4.95. The van der Waals surface area contributed by atoms with Gasteiger partial charge in [-0.05, 0) is 48.6 Å². The molecule has 29 heavy (non-hydrogen) atoms. The predicted octanol–water partition coefficient (Wildman–Crippen LogP) is 4.06. The number of H-pyrrole nitrogens is 1. The Labute approximate surface area is 172 Å². The molecule has 5 nitrogen and oxygen atoms in total. The van der Waals surface area contributed by atoms with Crippen LogP contribution in [0.1, 0.15) is 76.9 Å². The second-order valence-corrected chi connectivity index (χ2v) is 9.40. The van der Waals surface area contributed by atoms with Crippen LogP contribution in [0.2, 0.25) is 0 Å². The van der Waals surface area contributed by atoms with Gasteiger partial charge < -0.3 is 15.0 Å². The van der Waals surface area contributed by atoms with Crippen molar-refractivity contribution in [2.75, 3.05) is 13.1 Å². The molecular formula is C24H30N2O3. The van der Waals surface area contributed by atoms with Crippen LogP contribution in [0.3, 0.4) is 0 Å². The molecular weight excluding hydrogens is 364 g/mol. The number of amides is 1. The van der Waals surface area contributed by atoms with Crippen molar-refractivity contribution in [2.45, 2.75) is 52.6 Å². The van der Waals surface area contributed by atoms with E-state index in [9.17, 15) is 14.7 Å². The van der Waals surface area contributed by atoms with Gasteiger partial charge in [-0.3, -0.25) is 9.59 Å². The smallest absolute Gasteiger partial charge is 0.270 e. The van der Waals surface area contributed by atoms with Crippen LogP contribution in [0.4, 0.5) is 0 Å². The first-order valence-corrected chi connectivity index (χ1v) is 10.5. The van der Waals surface area contributed by atoms with Crippen LogP contribution < -0.4 is 0 Å². The molecule has 1 atom stereocenters. The maximum atomic E-state index is 13.2. The Kier molecular flexibility index (Phi) is 5.11. The molecule has 1 unspecified atom stereocenters. The third kappa shape index (κ3) is 3.76. The minimum atomic E-state index is -0.493. The molecule has 2 heterocycles. The molecule has 1 fully saturated rings. The average molecular weight is 395 g/mol. The van der Waals surface area contributed by atoms with E-state index in [1.807, 2.05) is 42.2 Å². The number of nitrogens with zero attached hydrogens (tertiary/aromatic N) is 1. The first-order valence-electron chi connectivity index (χ1n) is 10.5. The third-order valence-corrected chi connectivity index (χ3v) is 6.53. The van der Waals surface area contributed by atoms with E-state index in [0.29, 0.717) is 25.2 Å². The fraction of sp³-hybridized carbons (Fsp3) is 0.500. The standard InChI is InChI=1S/C24H30N2O3/c1-15-20-18(13-24(2,3)14-19(20)27)25-21(15)23(29)26-11-9-17(10-12-26)22(28)16-7-5-4-6-8-16/h4-8,17,22,25,28H,9-14H2,1-3H3. The minimum absolute atomic E-state index is 0.0323. The van der Waals surface area contributed by atoms with Gasteiger partial charge in [-0.1, -0.05) is 44.2 Å². The van der Waals surface area contributed by atoms with Gasteiger partial charge in [0.25, 0.3) is 5.91 Å². The molecule has 1 saturated heterocycles. The van der Waals surface area contributed by atoms with Crippen molar-refractivity contribution in [1.82, 2.24) is 9.88 Å². The van der Waals surface area contributed by atoms with Gasteiger partial charge in [-0.25, -0.2) is 0 Å². The highest BCUT2D eigenvalue weighted by atomic mass is 16.3. The van der Waals surface area contributed by atoms with Gasteiger partial charge in [-0.2, -0.15) is 0 Å². The number of carbonyl (C=O) groups excluding carboxylic acids is 2. The van der Waals surface area contributed by atoms with Gasteiger partial charge in [0.2, 0.25) is 0 Å². The van der Waals surface area contributed by atoms with E-state index in [1.165, 1.54) is 0 Å². The van der Waals surface area contributed by atoms with Crippen LogP contribution in [0.15, 0.2) is 30.3 Å². The van der Waals surface area contributed by atoms with Crippen LogP contribution >= 0.6 is 0 Å². The Balaban J connectivity index is 1.46. The number of fused-ring (bicyclic) bond motifs is 1. The highest BCUT2D eigenvalue weighted by Gasteiger charge is 2.36. The number of hydrogen-bond donors (Lipinski definition) is 2. The molecule has 1 aromatic carbocycles. The lowest BCUT2D eigenvalue weighted by atomic mass is 9.75. The summed E-state index contributed by atoms with van der Waals surface area (Å²) >= 11 is 0. The second kappa shape index (κ2) is 7.45. The summed E-state index contributed by atoms with van der Waals surface area (Å²) in [6.07, 6.45) is 2.36. The number of ketones is 1. The predicted molar refractivity (Wildman–Crippen MR) is 112 cm³/mol. The molecule has 2 aromatic rings. The van der Waals surface area contributed by atoms with Crippen LogP contribution in [0.5, 0.6) is 0 Å². The summed E-state index contributed by atoms with van der Waals surface area (Å²) < 4.78 is 0. The zero-order valence-corrected chi connectivity index (χ0v) is 17.5. The summed E-state index contributed by atoms with van der Waals surface area (Å²) in [4.78, 5) is 30.9. The van der Waals surface area contributed by atoms with E-state index < -0.39 is 6.10 Å². The zero-order valence-electron chi connectivity index (χ0n) is 17.5. The van der Waals surface area contributed by atoms with Crippen molar-refractivity contribution < 1.29 is 14.7 Å². The van der Waals surface area contributed by atoms with Gasteiger partial charge in [0.15, 0.2) is 5.78 Å². The van der Waals surface area contributed by atoms with Crippen LogP contribution in [-0.4, -0.2) is 39.8 Å². The number of nitrogens with one attached hydrogen (secondary N) is 1. The van der Waals surface area contributed by atoms with Crippen molar-refractivity contribution in [3.05, 3.63) is 58.4 Å². The molecule has 1 amide bonds. The Bertz CT molecular complexity index is 921. The summed E-state index contributed by atoms with van der Waals surface area (Å²) in [7, 11) is 0. The number of aliphatic hydroxyl groups excluding tert-OH is 1. The molecule has 4 rings (SSSR count). The van der Waals surface area contributed by atoms with Crippen molar-refractivity contribution in [1.29, 1.82) is 0 Å². The number of aliphatic hydroxyl groups is 1. The third-order valence-electron chi connectivity index (χ3n) is 6.53. The first-order chi connectivity index (χ1) is 13.8. The molecule has 2 aliphatic rings. The number of Topliss-reactive ketones (excluding diaryl/α,β-unsaturated/α-hetero) is 1. The summed E-state index contributed by atoms with van der Waals surface area (Å²) in [6, 6.07) is 9.73. The topological polar surface area (TPSA) is 73.4 Å². The molecule has 5 heteroatoms. The SMILES string of the molecule is Cc1c(C(=O)N2CCC(C(O)c3ccccc3)CC2)[nH]c2c1C(=O)CC(C)(C)C2. The maximum absolute atomic E-state index is 13.2. The van der Waals surface area contributed by atoms with Crippen molar-refractivity contribution >= 4 is 11.7 Å². The lowest BCUT2D eigenvalue weighted by Gasteiger charge is -2.34. The number of likely N-dealkylation sites (tertiary alicyclic amines) is 1. The molecule has 1 aliphatic heterocycles. The molecule has 154 valence electrons. The lowest BCUT2D eigenvalue weighted by Crippen LogP contribution is -2.40. The molecule has 1 aliphatic carbocycles. The van der Waals surface area contributed by atoms with Gasteiger partial charge in [0.1, 0.15) is 5.69 Å². The Morgan fingerprint density at radius 3 is 2.48 bits per heavy atom. The van der Waals surface area contributed by atoms with Crippen LogP contribution in [0.25, 0.3) is 0 Å². The van der Waals surface area contributed by atoms with E-state index in [4.69, 9.17) is 0 Å². The number of carbonyl (C=O) groups is 2. The highest BCUT2D eigenvalue weighted by Crippen LogP contribution is 2.37. The summed E-state index contributed by atoms with van der Waals surface area (Å²) in [5.41, 5.74) is 3.84. The largest absolute Gasteiger partial charge is 0.388 e. The number of benzene rings is 1. The maximum Gasteiger partial charge on any atom is 0.270 e. The molecule has 1 aromatic heterocycles. The Hall–Kier alpha value is -2.40. The van der Waals surface area contributed by atoms with E-state index >= 15 is 0 Å². The minimum Gasteiger partial charge on any atom is -0.388 e. The number of piperidine rings is 1. The van der Waals surface area contributed by atoms with E-state index in [2.05, 4.69) is 18.8 Å². The highest BCUT2D eigenvalue weighted by molar-refractivity contribution is 6.04. The summed E-state index contributed by atoms with van der Waals surface area (Å²) in [5, 5.41) is 10.7. The van der Waals surface area contributed by atoms with Gasteiger partial charge in [0.05, 0.1) is 6.10 Å². The normalized spacial score (nSPS) is 20.4. The zero-order chi connectivity index (χ0) is 20.8. The van der Waals surface area contributed by atoms with Gasteiger partial charge in [0, 0.05) is 30.8 Å². The van der Waals surface area contributed by atoms with E-state index in [-0.39, 0.29) is 23.0 Å². The van der Waals surface area contributed by atoms with E-state index in [0.717, 1.165) is 41.6 Å². The number of rotatable bonds is 3. The molecule has 0 radical (unpaired) electrons.